The Morgan fingerprint density at radius 2 is 1.94 bits per heavy atom. The molecule has 0 saturated carbocycles. The van der Waals surface area contributed by atoms with Crippen molar-refractivity contribution < 1.29 is 4.39 Å². The number of nitrogens with two attached hydrogens (primary N) is 1. The molecule has 0 amide bonds. The average molecular weight is 351 g/mol. The summed E-state index contributed by atoms with van der Waals surface area (Å²) in [5.41, 5.74) is 6.70. The van der Waals surface area contributed by atoms with Crippen LogP contribution in [0.3, 0.4) is 0 Å². The summed E-state index contributed by atoms with van der Waals surface area (Å²) in [4.78, 5) is 4.17. The van der Waals surface area contributed by atoms with Crippen molar-refractivity contribution in [3.8, 4) is 0 Å². The topological polar surface area (TPSA) is 50.4 Å². The van der Waals surface area contributed by atoms with Crippen molar-refractivity contribution in [2.24, 2.45) is 10.7 Å². The number of aliphatic imine (C=N–C) groups is 1. The van der Waals surface area contributed by atoms with E-state index in [2.05, 4.69) is 10.3 Å². The molecule has 0 bridgehead atoms. The third-order valence-corrected chi connectivity index (χ3v) is 2.03. The molecule has 0 aliphatic rings. The van der Waals surface area contributed by atoms with Gasteiger partial charge in [-0.2, -0.15) is 0 Å². The highest BCUT2D eigenvalue weighted by atomic mass is 127. The number of nitrogens with one attached hydrogen (secondary N) is 1. The summed E-state index contributed by atoms with van der Waals surface area (Å²) in [7, 11) is 0. The van der Waals surface area contributed by atoms with E-state index >= 15 is 0 Å². The van der Waals surface area contributed by atoms with Gasteiger partial charge in [0.05, 0.1) is 0 Å². The van der Waals surface area contributed by atoms with Crippen LogP contribution in [0.25, 0.3) is 0 Å². The molecule has 0 radical (unpaired) electrons. The molecule has 0 atom stereocenters. The van der Waals surface area contributed by atoms with Crippen LogP contribution in [0, 0.1) is 5.82 Å². The Labute approximate surface area is 119 Å². The molecule has 0 fully saturated rings. The number of hydrogen-bond acceptors (Lipinski definition) is 1. The summed E-state index contributed by atoms with van der Waals surface area (Å²) in [6.07, 6.45) is 0.765. The fourth-order valence-electron chi connectivity index (χ4n) is 1.30. The molecular formula is C12H19FIN3. The van der Waals surface area contributed by atoms with Gasteiger partial charge in [-0.25, -0.2) is 4.39 Å². The first-order chi connectivity index (χ1) is 7.58. The lowest BCUT2D eigenvalue weighted by Crippen LogP contribution is -2.36. The zero-order chi connectivity index (χ0) is 12.0. The van der Waals surface area contributed by atoms with Gasteiger partial charge in [0.15, 0.2) is 5.96 Å². The zero-order valence-corrected chi connectivity index (χ0v) is 12.4. The second-order valence-electron chi connectivity index (χ2n) is 3.94. The fourth-order valence-corrected chi connectivity index (χ4v) is 1.30. The maximum atomic E-state index is 12.6. The third kappa shape index (κ3) is 7.14. The molecular weight excluding hydrogens is 332 g/mol. The predicted molar refractivity (Wildman–Crippen MR) is 80.3 cm³/mol. The molecule has 0 aliphatic carbocycles. The molecule has 3 N–H and O–H groups in total. The molecule has 17 heavy (non-hydrogen) atoms. The number of guanidine groups is 1. The molecule has 5 heteroatoms. The van der Waals surface area contributed by atoms with E-state index in [0.29, 0.717) is 12.5 Å². The highest BCUT2D eigenvalue weighted by Gasteiger charge is 1.96. The van der Waals surface area contributed by atoms with Crippen LogP contribution in [-0.2, 0) is 6.42 Å². The van der Waals surface area contributed by atoms with E-state index < -0.39 is 0 Å². The second kappa shape index (κ2) is 8.27. The lowest BCUT2D eigenvalue weighted by molar-refractivity contribution is 0.627. The van der Waals surface area contributed by atoms with Crippen LogP contribution in [0.5, 0.6) is 0 Å². The molecule has 0 spiro atoms. The van der Waals surface area contributed by atoms with Crippen molar-refractivity contribution in [3.05, 3.63) is 35.6 Å². The Kier molecular flexibility index (Phi) is 7.86. The smallest absolute Gasteiger partial charge is 0.188 e. The summed E-state index contributed by atoms with van der Waals surface area (Å²) >= 11 is 0. The maximum absolute atomic E-state index is 12.6. The van der Waals surface area contributed by atoms with Crippen LogP contribution in [-0.4, -0.2) is 18.5 Å². The summed E-state index contributed by atoms with van der Waals surface area (Å²) in [5, 5.41) is 3.01. The van der Waals surface area contributed by atoms with Gasteiger partial charge >= 0.3 is 0 Å². The highest BCUT2D eigenvalue weighted by molar-refractivity contribution is 14.0. The normalized spacial score (nSPS) is 11.2. The predicted octanol–water partition coefficient (Wildman–Crippen LogP) is 2.30. The van der Waals surface area contributed by atoms with Gasteiger partial charge < -0.3 is 11.1 Å². The highest BCUT2D eigenvalue weighted by Crippen LogP contribution is 2.03. The zero-order valence-electron chi connectivity index (χ0n) is 10.1. The van der Waals surface area contributed by atoms with Crippen molar-refractivity contribution in [2.75, 3.05) is 6.54 Å². The third-order valence-electron chi connectivity index (χ3n) is 2.03. The Bertz CT molecular complexity index is 349. The Hall–Kier alpha value is -0.850. The van der Waals surface area contributed by atoms with Crippen LogP contribution in [0.15, 0.2) is 29.3 Å². The summed E-state index contributed by atoms with van der Waals surface area (Å²) in [6, 6.07) is 6.71. The molecule has 0 heterocycles. The first-order valence-electron chi connectivity index (χ1n) is 5.39. The van der Waals surface area contributed by atoms with Gasteiger partial charge in [0.25, 0.3) is 0 Å². The van der Waals surface area contributed by atoms with Crippen molar-refractivity contribution >= 4 is 29.9 Å². The average Bonchev–Trinajstić information content (AvgIpc) is 2.20. The first-order valence-corrected chi connectivity index (χ1v) is 5.39. The van der Waals surface area contributed by atoms with E-state index in [1.54, 1.807) is 12.1 Å². The van der Waals surface area contributed by atoms with Crippen LogP contribution in [0.1, 0.15) is 19.4 Å². The molecule has 0 saturated heterocycles. The standard InChI is InChI=1S/C12H18FN3.HI/c1-9(2)16-12(14)15-8-7-10-3-5-11(13)6-4-10;/h3-6,9H,7-8H2,1-2H3,(H3,14,15,16);1H. The van der Waals surface area contributed by atoms with E-state index in [9.17, 15) is 4.39 Å². The van der Waals surface area contributed by atoms with Crippen LogP contribution in [0.2, 0.25) is 0 Å². The number of benzene rings is 1. The minimum absolute atomic E-state index is 0. The van der Waals surface area contributed by atoms with Gasteiger partial charge in [0, 0.05) is 12.6 Å². The molecule has 96 valence electrons. The number of halogens is 2. The Morgan fingerprint density at radius 1 is 1.35 bits per heavy atom. The van der Waals surface area contributed by atoms with Crippen LogP contribution < -0.4 is 11.1 Å². The van der Waals surface area contributed by atoms with E-state index in [0.717, 1.165) is 12.0 Å². The molecule has 0 aromatic heterocycles. The van der Waals surface area contributed by atoms with Crippen molar-refractivity contribution in [1.82, 2.24) is 5.32 Å². The molecule has 0 aliphatic heterocycles. The first kappa shape index (κ1) is 16.1. The van der Waals surface area contributed by atoms with Gasteiger partial charge in [-0.15, -0.1) is 24.0 Å². The Morgan fingerprint density at radius 3 is 2.47 bits per heavy atom. The lowest BCUT2D eigenvalue weighted by atomic mass is 10.1. The Balaban J connectivity index is 0.00000256. The van der Waals surface area contributed by atoms with E-state index in [1.807, 2.05) is 13.8 Å². The fraction of sp³-hybridized carbons (Fsp3) is 0.417. The van der Waals surface area contributed by atoms with E-state index in [4.69, 9.17) is 5.73 Å². The molecule has 3 nitrogen and oxygen atoms in total. The minimum Gasteiger partial charge on any atom is -0.370 e. The molecule has 1 aromatic rings. The quantitative estimate of drug-likeness (QED) is 0.497. The van der Waals surface area contributed by atoms with Gasteiger partial charge in [0.1, 0.15) is 5.82 Å². The number of nitrogens with zero attached hydrogens (tertiary/aromatic N) is 1. The summed E-state index contributed by atoms with van der Waals surface area (Å²) in [6.45, 7) is 4.61. The summed E-state index contributed by atoms with van der Waals surface area (Å²) < 4.78 is 12.6. The lowest BCUT2D eigenvalue weighted by Gasteiger charge is -2.08. The van der Waals surface area contributed by atoms with Gasteiger partial charge in [-0.3, -0.25) is 4.99 Å². The molecule has 0 unspecified atom stereocenters. The molecule has 1 rings (SSSR count). The summed E-state index contributed by atoms with van der Waals surface area (Å²) in [5.74, 6) is 0.241. The minimum atomic E-state index is -0.215. The van der Waals surface area contributed by atoms with Gasteiger partial charge in [-0.05, 0) is 38.0 Å². The van der Waals surface area contributed by atoms with Crippen molar-refractivity contribution in [2.45, 2.75) is 26.3 Å². The number of hydrogen-bond donors (Lipinski definition) is 2. The maximum Gasteiger partial charge on any atom is 0.188 e. The van der Waals surface area contributed by atoms with E-state index in [-0.39, 0.29) is 35.8 Å². The van der Waals surface area contributed by atoms with Gasteiger partial charge in [0.2, 0.25) is 0 Å². The van der Waals surface area contributed by atoms with Crippen molar-refractivity contribution in [1.29, 1.82) is 0 Å². The van der Waals surface area contributed by atoms with Gasteiger partial charge in [-0.1, -0.05) is 12.1 Å². The van der Waals surface area contributed by atoms with Crippen LogP contribution >= 0.6 is 24.0 Å². The van der Waals surface area contributed by atoms with Crippen molar-refractivity contribution in [3.63, 3.8) is 0 Å². The largest absolute Gasteiger partial charge is 0.370 e. The SMILES string of the molecule is CC(C)NC(N)=NCCc1ccc(F)cc1.I. The monoisotopic (exact) mass is 351 g/mol. The van der Waals surface area contributed by atoms with Crippen LogP contribution in [0.4, 0.5) is 4.39 Å². The van der Waals surface area contributed by atoms with E-state index in [1.165, 1.54) is 12.1 Å². The number of rotatable bonds is 4. The second-order valence-corrected chi connectivity index (χ2v) is 3.94. The molecule has 1 aromatic carbocycles.